The quantitative estimate of drug-likeness (QED) is 0.863. The van der Waals surface area contributed by atoms with E-state index in [-0.39, 0.29) is 0 Å². The van der Waals surface area contributed by atoms with Crippen LogP contribution in [0.15, 0.2) is 24.3 Å². The van der Waals surface area contributed by atoms with Gasteiger partial charge in [-0.2, -0.15) is 0 Å². The monoisotopic (exact) mass is 274 g/mol. The predicted octanol–water partition coefficient (Wildman–Crippen LogP) is 2.83. The van der Waals surface area contributed by atoms with Gasteiger partial charge in [0.05, 0.1) is 12.1 Å². The summed E-state index contributed by atoms with van der Waals surface area (Å²) in [7, 11) is 2.25. The Kier molecular flexibility index (Phi) is 4.27. The lowest BCUT2D eigenvalue weighted by atomic mass is 9.95. The first-order valence-electron chi connectivity index (χ1n) is 7.95. The number of ether oxygens (including phenoxy) is 1. The highest BCUT2D eigenvalue weighted by atomic mass is 16.5. The van der Waals surface area contributed by atoms with Crippen LogP contribution in [0.1, 0.15) is 37.8 Å². The van der Waals surface area contributed by atoms with Crippen LogP contribution in [0.3, 0.4) is 0 Å². The molecule has 1 fully saturated rings. The first kappa shape index (κ1) is 13.9. The van der Waals surface area contributed by atoms with Crippen LogP contribution in [0.4, 0.5) is 0 Å². The maximum Gasteiger partial charge on any atom is 0.124 e. The topological polar surface area (TPSA) is 24.5 Å². The summed E-state index contributed by atoms with van der Waals surface area (Å²) in [5.41, 5.74) is 1.32. The van der Waals surface area contributed by atoms with E-state index < -0.39 is 0 Å². The number of nitrogens with one attached hydrogen (secondary N) is 1. The molecule has 2 unspecified atom stereocenters. The molecule has 3 nitrogen and oxygen atoms in total. The zero-order valence-corrected chi connectivity index (χ0v) is 12.6. The van der Waals surface area contributed by atoms with Crippen molar-refractivity contribution in [3.63, 3.8) is 0 Å². The molecule has 1 aromatic carbocycles. The van der Waals surface area contributed by atoms with Gasteiger partial charge in [-0.1, -0.05) is 25.1 Å². The number of benzene rings is 1. The Morgan fingerprint density at radius 1 is 1.30 bits per heavy atom. The summed E-state index contributed by atoms with van der Waals surface area (Å²) in [5.74, 6) is 1.97. The van der Waals surface area contributed by atoms with Crippen molar-refractivity contribution >= 4 is 0 Å². The minimum Gasteiger partial charge on any atom is -0.492 e. The third-order valence-corrected chi connectivity index (χ3v) is 4.47. The maximum atomic E-state index is 5.99. The van der Waals surface area contributed by atoms with Crippen LogP contribution in [0.2, 0.25) is 0 Å². The van der Waals surface area contributed by atoms with Gasteiger partial charge in [0.1, 0.15) is 12.4 Å². The van der Waals surface area contributed by atoms with Crippen molar-refractivity contribution in [2.75, 3.05) is 26.7 Å². The summed E-state index contributed by atoms with van der Waals surface area (Å²) >= 11 is 0. The molecule has 110 valence electrons. The summed E-state index contributed by atoms with van der Waals surface area (Å²) in [6, 6.07) is 9.31. The Labute approximate surface area is 122 Å². The second-order valence-electron chi connectivity index (χ2n) is 6.23. The summed E-state index contributed by atoms with van der Waals surface area (Å²) in [6.45, 7) is 5.29. The van der Waals surface area contributed by atoms with Gasteiger partial charge in [0.2, 0.25) is 0 Å². The molecule has 1 aliphatic heterocycles. The van der Waals surface area contributed by atoms with Crippen molar-refractivity contribution < 1.29 is 4.74 Å². The number of hydrogen-bond acceptors (Lipinski definition) is 3. The van der Waals surface area contributed by atoms with E-state index in [1.54, 1.807) is 0 Å². The van der Waals surface area contributed by atoms with E-state index in [0.29, 0.717) is 12.1 Å². The fourth-order valence-electron chi connectivity index (χ4n) is 3.12. The molecule has 2 aliphatic rings. The van der Waals surface area contributed by atoms with Gasteiger partial charge in [-0.15, -0.1) is 0 Å². The van der Waals surface area contributed by atoms with E-state index in [0.717, 1.165) is 24.8 Å². The number of rotatable bonds is 6. The Morgan fingerprint density at radius 2 is 2.10 bits per heavy atom. The third kappa shape index (κ3) is 2.99. The van der Waals surface area contributed by atoms with Crippen LogP contribution in [-0.4, -0.2) is 37.7 Å². The molecule has 0 bridgehead atoms. The van der Waals surface area contributed by atoms with E-state index in [9.17, 15) is 0 Å². The molecule has 1 N–H and O–H groups in total. The zero-order chi connectivity index (χ0) is 13.9. The number of nitrogens with zero attached hydrogens (tertiary/aromatic N) is 1. The van der Waals surface area contributed by atoms with Gasteiger partial charge in [-0.05, 0) is 44.8 Å². The van der Waals surface area contributed by atoms with Gasteiger partial charge < -0.3 is 10.1 Å². The van der Waals surface area contributed by atoms with Gasteiger partial charge >= 0.3 is 0 Å². The Hall–Kier alpha value is -1.06. The van der Waals surface area contributed by atoms with E-state index in [1.807, 2.05) is 0 Å². The number of fused-ring (bicyclic) bond motifs is 1. The molecule has 2 atom stereocenters. The van der Waals surface area contributed by atoms with Crippen molar-refractivity contribution in [1.29, 1.82) is 0 Å². The van der Waals surface area contributed by atoms with Crippen LogP contribution in [0, 0.1) is 5.92 Å². The minimum absolute atomic E-state index is 0.392. The van der Waals surface area contributed by atoms with Gasteiger partial charge in [0.25, 0.3) is 0 Å². The van der Waals surface area contributed by atoms with E-state index in [2.05, 4.69) is 48.5 Å². The fourth-order valence-corrected chi connectivity index (χ4v) is 3.12. The van der Waals surface area contributed by atoms with E-state index in [1.165, 1.54) is 31.4 Å². The molecule has 0 radical (unpaired) electrons. The van der Waals surface area contributed by atoms with Gasteiger partial charge in [0.15, 0.2) is 0 Å². The highest BCUT2D eigenvalue weighted by Gasteiger charge is 2.35. The lowest BCUT2D eigenvalue weighted by Crippen LogP contribution is -2.49. The lowest BCUT2D eigenvalue weighted by Gasteiger charge is -2.39. The summed E-state index contributed by atoms with van der Waals surface area (Å²) in [4.78, 5) is 2.50. The smallest absolute Gasteiger partial charge is 0.124 e. The summed E-state index contributed by atoms with van der Waals surface area (Å²) < 4.78 is 5.99. The standard InChI is InChI=1S/C17H26N2O/c1-3-10-18-17-14-6-4-5-7-16(14)20-12-15(17)19(2)11-13-8-9-13/h4-7,13,15,17-18H,3,8-12H2,1-2H3. The Balaban J connectivity index is 1.78. The molecule has 1 saturated carbocycles. The molecular weight excluding hydrogens is 248 g/mol. The molecule has 20 heavy (non-hydrogen) atoms. The van der Waals surface area contributed by atoms with E-state index >= 15 is 0 Å². The SMILES string of the molecule is CCCNC1c2ccccc2OCC1N(C)CC1CC1. The highest BCUT2D eigenvalue weighted by Crippen LogP contribution is 2.36. The molecule has 0 aromatic heterocycles. The zero-order valence-electron chi connectivity index (χ0n) is 12.6. The van der Waals surface area contributed by atoms with Crippen LogP contribution in [0.5, 0.6) is 5.75 Å². The average molecular weight is 274 g/mol. The van der Waals surface area contributed by atoms with Gasteiger partial charge in [0, 0.05) is 12.1 Å². The van der Waals surface area contributed by atoms with Gasteiger partial charge in [-0.25, -0.2) is 0 Å². The second kappa shape index (κ2) is 6.15. The van der Waals surface area contributed by atoms with Crippen molar-refractivity contribution in [3.8, 4) is 5.75 Å². The summed E-state index contributed by atoms with van der Waals surface area (Å²) in [6.07, 6.45) is 3.97. The van der Waals surface area contributed by atoms with Crippen LogP contribution in [-0.2, 0) is 0 Å². The molecular formula is C17H26N2O. The minimum atomic E-state index is 0.392. The molecule has 0 saturated heterocycles. The highest BCUT2D eigenvalue weighted by molar-refractivity contribution is 5.38. The largest absolute Gasteiger partial charge is 0.492 e. The predicted molar refractivity (Wildman–Crippen MR) is 82.1 cm³/mol. The van der Waals surface area contributed by atoms with Gasteiger partial charge in [-0.3, -0.25) is 4.90 Å². The normalized spacial score (nSPS) is 25.4. The molecule has 0 spiro atoms. The molecule has 0 amide bonds. The number of hydrogen-bond donors (Lipinski definition) is 1. The Morgan fingerprint density at radius 3 is 2.85 bits per heavy atom. The molecule has 1 aromatic rings. The molecule has 3 heteroatoms. The van der Waals surface area contributed by atoms with E-state index in [4.69, 9.17) is 4.74 Å². The third-order valence-electron chi connectivity index (χ3n) is 4.47. The summed E-state index contributed by atoms with van der Waals surface area (Å²) in [5, 5.41) is 3.73. The van der Waals surface area contributed by atoms with Crippen molar-refractivity contribution in [2.24, 2.45) is 5.92 Å². The second-order valence-corrected chi connectivity index (χ2v) is 6.23. The van der Waals surface area contributed by atoms with Crippen molar-refractivity contribution in [3.05, 3.63) is 29.8 Å². The lowest BCUT2D eigenvalue weighted by molar-refractivity contribution is 0.102. The molecule has 3 rings (SSSR count). The maximum absolute atomic E-state index is 5.99. The Bertz CT molecular complexity index is 444. The van der Waals surface area contributed by atoms with Crippen LogP contribution in [0.25, 0.3) is 0 Å². The van der Waals surface area contributed by atoms with Crippen LogP contribution >= 0.6 is 0 Å². The first-order chi connectivity index (χ1) is 9.79. The van der Waals surface area contributed by atoms with Crippen molar-refractivity contribution in [1.82, 2.24) is 10.2 Å². The number of likely N-dealkylation sites (N-methyl/N-ethyl adjacent to an activating group) is 1. The fraction of sp³-hybridized carbons (Fsp3) is 0.647. The first-order valence-corrected chi connectivity index (χ1v) is 7.95. The molecule has 1 aliphatic carbocycles. The number of para-hydroxylation sites is 1. The van der Waals surface area contributed by atoms with Crippen LogP contribution < -0.4 is 10.1 Å². The average Bonchev–Trinajstić information content (AvgIpc) is 3.28. The van der Waals surface area contributed by atoms with Crippen molar-refractivity contribution in [2.45, 2.75) is 38.3 Å². The molecule has 1 heterocycles.